The maximum atomic E-state index is 13.7. The normalized spacial score (nSPS) is 15.2. The molecule has 0 aliphatic carbocycles. The summed E-state index contributed by atoms with van der Waals surface area (Å²) in [7, 11) is 0. The van der Waals surface area contributed by atoms with Gasteiger partial charge in [0.05, 0.1) is 33.4 Å². The van der Waals surface area contributed by atoms with E-state index in [1.54, 1.807) is 38.1 Å². The zero-order valence-electron chi connectivity index (χ0n) is 20.2. The van der Waals surface area contributed by atoms with E-state index in [2.05, 4.69) is 20.9 Å². The molecule has 0 bridgehead atoms. The number of carbonyl (C=O) groups excluding carboxylic acids is 1. The van der Waals surface area contributed by atoms with Crippen molar-refractivity contribution in [2.45, 2.75) is 19.9 Å². The lowest BCUT2D eigenvalue weighted by molar-refractivity contribution is -0.384. The number of aromatic nitrogens is 1. The van der Waals surface area contributed by atoms with Crippen molar-refractivity contribution in [1.82, 2.24) is 4.57 Å². The molecule has 0 saturated heterocycles. The van der Waals surface area contributed by atoms with Crippen molar-refractivity contribution in [2.24, 2.45) is 4.99 Å². The van der Waals surface area contributed by atoms with Crippen LogP contribution in [0.3, 0.4) is 0 Å². The maximum absolute atomic E-state index is 13.7. The number of esters is 1. The Balaban J connectivity index is 1.60. The molecule has 0 spiro atoms. The first-order valence-corrected chi connectivity index (χ1v) is 13.2. The molecular formula is C27H20BrN3O6S. The first kappa shape index (κ1) is 25.6. The van der Waals surface area contributed by atoms with Crippen LogP contribution in [0.4, 0.5) is 5.69 Å². The number of carbonyl (C=O) groups is 1. The third-order valence-electron chi connectivity index (χ3n) is 5.96. The van der Waals surface area contributed by atoms with Crippen molar-refractivity contribution in [2.75, 3.05) is 6.61 Å². The predicted molar refractivity (Wildman–Crippen MR) is 145 cm³/mol. The van der Waals surface area contributed by atoms with Gasteiger partial charge in [-0.05, 0) is 53.5 Å². The summed E-state index contributed by atoms with van der Waals surface area (Å²) in [6.07, 6.45) is 1.62. The van der Waals surface area contributed by atoms with Gasteiger partial charge >= 0.3 is 5.97 Å². The van der Waals surface area contributed by atoms with Crippen LogP contribution < -0.4 is 14.9 Å². The van der Waals surface area contributed by atoms with E-state index in [0.717, 1.165) is 5.56 Å². The summed E-state index contributed by atoms with van der Waals surface area (Å²) >= 11 is 4.56. The largest absolute Gasteiger partial charge is 0.463 e. The topological polar surface area (TPSA) is 117 Å². The highest BCUT2D eigenvalue weighted by molar-refractivity contribution is 9.10. The Morgan fingerprint density at radius 3 is 2.68 bits per heavy atom. The maximum Gasteiger partial charge on any atom is 0.338 e. The van der Waals surface area contributed by atoms with Crippen LogP contribution >= 0.6 is 27.3 Å². The summed E-state index contributed by atoms with van der Waals surface area (Å²) in [5.41, 5.74) is 1.86. The molecule has 11 heteroatoms. The summed E-state index contributed by atoms with van der Waals surface area (Å²) < 4.78 is 13.7. The van der Waals surface area contributed by atoms with Gasteiger partial charge in [0.25, 0.3) is 11.2 Å². The Bertz CT molecular complexity index is 1780. The van der Waals surface area contributed by atoms with Crippen LogP contribution in [0.2, 0.25) is 0 Å². The third kappa shape index (κ3) is 4.66. The van der Waals surface area contributed by atoms with Gasteiger partial charge in [-0.1, -0.05) is 41.7 Å². The van der Waals surface area contributed by atoms with Crippen LogP contribution in [0, 0.1) is 10.1 Å². The standard InChI is InChI=1S/C27H20BrN3O6S/c1-3-36-26(33)23-15(2)29-27-30(24(23)16-7-5-4-6-8-16)25(32)22(38-27)14-18-10-12-21(37-18)19-11-9-17(31(34)35)13-20(19)28/h4-14,24H,3H2,1-2H3/b22-14+/t24-/m0/s1. The van der Waals surface area contributed by atoms with Gasteiger partial charge in [-0.25, -0.2) is 9.79 Å². The van der Waals surface area contributed by atoms with Crippen LogP contribution in [0.25, 0.3) is 17.4 Å². The molecule has 1 aliphatic rings. The van der Waals surface area contributed by atoms with Crippen molar-refractivity contribution in [1.29, 1.82) is 0 Å². The summed E-state index contributed by atoms with van der Waals surface area (Å²) in [5.74, 6) is 0.391. The number of non-ortho nitro benzene ring substituents is 1. The lowest BCUT2D eigenvalue weighted by Crippen LogP contribution is -2.39. The third-order valence-corrected chi connectivity index (χ3v) is 7.60. The van der Waals surface area contributed by atoms with Gasteiger partial charge in [0.15, 0.2) is 4.80 Å². The zero-order chi connectivity index (χ0) is 27.0. The molecule has 0 N–H and O–H groups in total. The Morgan fingerprint density at radius 2 is 2.00 bits per heavy atom. The van der Waals surface area contributed by atoms with Crippen LogP contribution in [0.5, 0.6) is 0 Å². The monoisotopic (exact) mass is 593 g/mol. The summed E-state index contributed by atoms with van der Waals surface area (Å²) in [5, 5.41) is 11.0. The molecule has 192 valence electrons. The highest BCUT2D eigenvalue weighted by Gasteiger charge is 2.33. The quantitative estimate of drug-likeness (QED) is 0.181. The average Bonchev–Trinajstić information content (AvgIpc) is 3.48. The molecule has 1 atom stereocenters. The second kappa shape index (κ2) is 10.3. The molecule has 0 fully saturated rings. The van der Waals surface area contributed by atoms with E-state index >= 15 is 0 Å². The van der Waals surface area contributed by atoms with Gasteiger partial charge in [-0.3, -0.25) is 19.5 Å². The van der Waals surface area contributed by atoms with Gasteiger partial charge in [0.2, 0.25) is 0 Å². The molecule has 1 aliphatic heterocycles. The fourth-order valence-corrected chi connectivity index (χ4v) is 5.85. The highest BCUT2D eigenvalue weighted by Crippen LogP contribution is 2.33. The van der Waals surface area contributed by atoms with Gasteiger partial charge in [-0.2, -0.15) is 0 Å². The van der Waals surface area contributed by atoms with Crippen LogP contribution in [0.15, 0.2) is 90.6 Å². The molecule has 0 radical (unpaired) electrons. The van der Waals surface area contributed by atoms with Gasteiger partial charge in [0.1, 0.15) is 11.5 Å². The first-order valence-electron chi connectivity index (χ1n) is 11.6. The van der Waals surface area contributed by atoms with Gasteiger partial charge < -0.3 is 9.15 Å². The molecule has 0 saturated carbocycles. The van der Waals surface area contributed by atoms with E-state index in [4.69, 9.17) is 9.15 Å². The molecule has 3 heterocycles. The minimum Gasteiger partial charge on any atom is -0.463 e. The van der Waals surface area contributed by atoms with Crippen molar-refractivity contribution in [3.8, 4) is 11.3 Å². The highest BCUT2D eigenvalue weighted by atomic mass is 79.9. The lowest BCUT2D eigenvalue weighted by atomic mass is 9.96. The van der Waals surface area contributed by atoms with Crippen molar-refractivity contribution >= 4 is 45.0 Å². The molecule has 0 amide bonds. The zero-order valence-corrected chi connectivity index (χ0v) is 22.6. The molecule has 9 nitrogen and oxygen atoms in total. The van der Waals surface area contributed by atoms with E-state index in [1.807, 2.05) is 30.3 Å². The number of allylic oxidation sites excluding steroid dienone is 1. The second-order valence-corrected chi connectivity index (χ2v) is 10.2. The number of nitro groups is 1. The smallest absolute Gasteiger partial charge is 0.338 e. The summed E-state index contributed by atoms with van der Waals surface area (Å²) in [4.78, 5) is 42.2. The Hall–Kier alpha value is -4.09. The van der Waals surface area contributed by atoms with E-state index in [9.17, 15) is 19.7 Å². The van der Waals surface area contributed by atoms with E-state index < -0.39 is 16.9 Å². The number of nitrogens with zero attached hydrogens (tertiary/aromatic N) is 3. The Labute approximate surface area is 228 Å². The van der Waals surface area contributed by atoms with Crippen LogP contribution in [-0.4, -0.2) is 22.1 Å². The lowest BCUT2D eigenvalue weighted by Gasteiger charge is -2.24. The van der Waals surface area contributed by atoms with Crippen LogP contribution in [0.1, 0.15) is 31.2 Å². The van der Waals surface area contributed by atoms with Gasteiger partial charge in [0, 0.05) is 28.2 Å². The predicted octanol–water partition coefficient (Wildman–Crippen LogP) is 4.73. The fourth-order valence-electron chi connectivity index (χ4n) is 4.26. The number of rotatable bonds is 6. The van der Waals surface area contributed by atoms with Crippen molar-refractivity contribution < 1.29 is 18.9 Å². The minimum atomic E-state index is -0.683. The number of hydrogen-bond donors (Lipinski definition) is 0. The molecular weight excluding hydrogens is 574 g/mol. The van der Waals surface area contributed by atoms with Crippen molar-refractivity contribution in [3.63, 3.8) is 0 Å². The number of thiazole rings is 1. The van der Waals surface area contributed by atoms with Crippen molar-refractivity contribution in [3.05, 3.63) is 118 Å². The first-order chi connectivity index (χ1) is 18.3. The Morgan fingerprint density at radius 1 is 1.24 bits per heavy atom. The Kier molecular flexibility index (Phi) is 6.96. The number of fused-ring (bicyclic) bond motifs is 1. The molecule has 5 rings (SSSR count). The number of benzene rings is 2. The molecule has 2 aromatic heterocycles. The number of hydrogen-bond acceptors (Lipinski definition) is 8. The van der Waals surface area contributed by atoms with E-state index in [-0.39, 0.29) is 17.9 Å². The van der Waals surface area contributed by atoms with E-state index in [0.29, 0.717) is 42.2 Å². The average molecular weight is 594 g/mol. The molecule has 2 aromatic carbocycles. The fraction of sp³-hybridized carbons (Fsp3) is 0.148. The second-order valence-electron chi connectivity index (χ2n) is 8.34. The SMILES string of the molecule is CCOC(=O)C1=C(C)N=c2s/c(=C/c3ccc(-c4ccc([N+](=O)[O-])cc4Br)o3)c(=O)n2[C@H]1c1ccccc1. The molecule has 38 heavy (non-hydrogen) atoms. The minimum absolute atomic E-state index is 0.0426. The van der Waals surface area contributed by atoms with Crippen LogP contribution in [-0.2, 0) is 9.53 Å². The number of ether oxygens (including phenoxy) is 1. The summed E-state index contributed by atoms with van der Waals surface area (Å²) in [6, 6.07) is 16.4. The number of halogens is 1. The number of furan rings is 1. The van der Waals surface area contributed by atoms with E-state index in [1.165, 1.54) is 28.0 Å². The summed E-state index contributed by atoms with van der Waals surface area (Å²) in [6.45, 7) is 3.67. The number of nitro benzene ring substituents is 1. The molecule has 4 aromatic rings. The molecule has 0 unspecified atom stereocenters. The van der Waals surface area contributed by atoms with Gasteiger partial charge in [-0.15, -0.1) is 0 Å².